The van der Waals surface area contributed by atoms with Crippen LogP contribution in [-0.4, -0.2) is 70.3 Å². The minimum Gasteiger partial charge on any atom is -0.378 e. The maximum atomic E-state index is 4.47. The molecule has 2 heterocycles. The Labute approximate surface area is 185 Å². The molecule has 31 heavy (non-hydrogen) atoms. The molecule has 0 amide bonds. The Hall–Kier alpha value is -2.77. The second kappa shape index (κ2) is 9.58. The lowest BCUT2D eigenvalue weighted by molar-refractivity contribution is 0.0996. The Morgan fingerprint density at radius 3 is 2.19 bits per heavy atom. The molecule has 7 heteroatoms. The highest BCUT2D eigenvalue weighted by Crippen LogP contribution is 2.30. The number of rotatable bonds is 7. The van der Waals surface area contributed by atoms with Gasteiger partial charge in [0.15, 0.2) is 5.82 Å². The Morgan fingerprint density at radius 1 is 0.903 bits per heavy atom. The van der Waals surface area contributed by atoms with Gasteiger partial charge in [-0.3, -0.25) is 9.80 Å². The van der Waals surface area contributed by atoms with Crippen molar-refractivity contribution in [1.82, 2.24) is 30.0 Å². The molecule has 1 aliphatic rings. The van der Waals surface area contributed by atoms with Gasteiger partial charge in [-0.15, -0.1) is 5.10 Å². The van der Waals surface area contributed by atoms with Gasteiger partial charge in [0, 0.05) is 52.5 Å². The van der Waals surface area contributed by atoms with Gasteiger partial charge in [0.1, 0.15) is 0 Å². The number of piperazine rings is 1. The van der Waals surface area contributed by atoms with Crippen molar-refractivity contribution < 1.29 is 0 Å². The van der Waals surface area contributed by atoms with Gasteiger partial charge in [0.25, 0.3) is 0 Å². The van der Waals surface area contributed by atoms with E-state index >= 15 is 0 Å². The summed E-state index contributed by atoms with van der Waals surface area (Å²) >= 11 is 0. The molecule has 1 aromatic heterocycles. The largest absolute Gasteiger partial charge is 0.378 e. The van der Waals surface area contributed by atoms with Gasteiger partial charge in [0.2, 0.25) is 0 Å². The highest BCUT2D eigenvalue weighted by Gasteiger charge is 2.31. The number of benzene rings is 2. The van der Waals surface area contributed by atoms with Crippen LogP contribution < -0.4 is 4.90 Å². The summed E-state index contributed by atoms with van der Waals surface area (Å²) in [6.45, 7) is 9.29. The number of hydrogen-bond acceptors (Lipinski definition) is 6. The predicted molar refractivity (Wildman–Crippen MR) is 124 cm³/mol. The molecule has 0 bridgehead atoms. The summed E-state index contributed by atoms with van der Waals surface area (Å²) < 4.78 is 1.96. The minimum atomic E-state index is 0.0486. The molecule has 0 unspecified atom stereocenters. The van der Waals surface area contributed by atoms with Crippen LogP contribution >= 0.6 is 0 Å². The van der Waals surface area contributed by atoms with Crippen LogP contribution in [-0.2, 0) is 6.54 Å². The van der Waals surface area contributed by atoms with Gasteiger partial charge in [-0.05, 0) is 47.5 Å². The molecular weight excluding hydrogens is 386 g/mol. The molecule has 1 aliphatic heterocycles. The van der Waals surface area contributed by atoms with E-state index < -0.39 is 0 Å². The van der Waals surface area contributed by atoms with Crippen LogP contribution in [0.4, 0.5) is 5.69 Å². The minimum absolute atomic E-state index is 0.0486. The third kappa shape index (κ3) is 4.94. The molecule has 0 saturated carbocycles. The molecule has 0 aliphatic carbocycles. The normalized spacial score (nSPS) is 16.5. The molecule has 1 atom stereocenters. The first-order valence-electron chi connectivity index (χ1n) is 11.1. The van der Waals surface area contributed by atoms with E-state index in [1.165, 1.54) is 16.8 Å². The van der Waals surface area contributed by atoms with Crippen LogP contribution in [0.1, 0.15) is 42.9 Å². The van der Waals surface area contributed by atoms with Crippen LogP contribution in [0.25, 0.3) is 0 Å². The summed E-state index contributed by atoms with van der Waals surface area (Å²) in [6.07, 6.45) is 0. The zero-order valence-electron chi connectivity index (χ0n) is 19.0. The lowest BCUT2D eigenvalue weighted by Gasteiger charge is -2.39. The van der Waals surface area contributed by atoms with E-state index in [1.807, 2.05) is 4.68 Å². The number of tetrazole rings is 1. The van der Waals surface area contributed by atoms with Crippen molar-refractivity contribution in [3.63, 3.8) is 0 Å². The fraction of sp³-hybridized carbons (Fsp3) is 0.458. The van der Waals surface area contributed by atoms with Crippen LogP contribution in [0.15, 0.2) is 54.6 Å². The van der Waals surface area contributed by atoms with E-state index in [4.69, 9.17) is 0 Å². The van der Waals surface area contributed by atoms with E-state index in [1.54, 1.807) is 0 Å². The second-order valence-electron chi connectivity index (χ2n) is 8.76. The van der Waals surface area contributed by atoms with Crippen molar-refractivity contribution in [3.8, 4) is 0 Å². The number of hydrogen-bond donors (Lipinski definition) is 0. The Kier molecular flexibility index (Phi) is 6.63. The standard InChI is InChI=1S/C24H33N7/c1-19(2)31-24(25-26-27-31)23(21-10-12-22(13-11-21)28(3)4)30-16-14-29(15-17-30)18-20-8-6-5-7-9-20/h5-13,19,23H,14-18H2,1-4H3/t23-/m1/s1. The quantitative estimate of drug-likeness (QED) is 0.586. The first kappa shape index (κ1) is 21.5. The van der Waals surface area contributed by atoms with Gasteiger partial charge in [-0.2, -0.15) is 0 Å². The Morgan fingerprint density at radius 2 is 1.58 bits per heavy atom. The molecule has 3 aromatic rings. The molecule has 2 aromatic carbocycles. The summed E-state index contributed by atoms with van der Waals surface area (Å²) in [5.74, 6) is 0.920. The molecule has 164 valence electrons. The first-order chi connectivity index (χ1) is 15.0. The number of anilines is 1. The van der Waals surface area contributed by atoms with Crippen LogP contribution in [0, 0.1) is 0 Å². The zero-order valence-corrected chi connectivity index (χ0v) is 19.0. The molecule has 1 saturated heterocycles. The topological polar surface area (TPSA) is 53.3 Å². The van der Waals surface area contributed by atoms with E-state index in [0.717, 1.165) is 38.5 Å². The van der Waals surface area contributed by atoms with Gasteiger partial charge >= 0.3 is 0 Å². The monoisotopic (exact) mass is 419 g/mol. The maximum absolute atomic E-state index is 4.47. The number of aromatic nitrogens is 4. The van der Waals surface area contributed by atoms with E-state index in [9.17, 15) is 0 Å². The van der Waals surface area contributed by atoms with E-state index in [-0.39, 0.29) is 12.1 Å². The van der Waals surface area contributed by atoms with Crippen molar-refractivity contribution in [2.75, 3.05) is 45.2 Å². The first-order valence-corrected chi connectivity index (χ1v) is 11.1. The smallest absolute Gasteiger partial charge is 0.173 e. The fourth-order valence-corrected chi connectivity index (χ4v) is 4.25. The molecule has 0 N–H and O–H groups in total. The van der Waals surface area contributed by atoms with Gasteiger partial charge in [-0.25, -0.2) is 4.68 Å². The summed E-state index contributed by atoms with van der Waals surface area (Å²) in [5, 5.41) is 12.8. The Bertz CT molecular complexity index is 942. The van der Waals surface area contributed by atoms with Gasteiger partial charge in [0.05, 0.1) is 12.1 Å². The molecule has 0 radical (unpaired) electrons. The van der Waals surface area contributed by atoms with Crippen molar-refractivity contribution in [1.29, 1.82) is 0 Å². The third-order valence-electron chi connectivity index (χ3n) is 6.00. The molecule has 1 fully saturated rings. The molecule has 0 spiro atoms. The van der Waals surface area contributed by atoms with E-state index in [0.29, 0.717) is 0 Å². The van der Waals surface area contributed by atoms with Crippen molar-refractivity contribution in [2.45, 2.75) is 32.5 Å². The summed E-state index contributed by atoms with van der Waals surface area (Å²) in [6, 6.07) is 19.8. The third-order valence-corrected chi connectivity index (χ3v) is 6.00. The lowest BCUT2D eigenvalue weighted by atomic mass is 10.0. The molecular formula is C24H33N7. The fourth-order valence-electron chi connectivity index (χ4n) is 4.25. The average Bonchev–Trinajstić information content (AvgIpc) is 3.26. The van der Waals surface area contributed by atoms with Crippen molar-refractivity contribution in [2.24, 2.45) is 0 Å². The summed E-state index contributed by atoms with van der Waals surface area (Å²) in [4.78, 5) is 7.18. The highest BCUT2D eigenvalue weighted by molar-refractivity contribution is 5.47. The van der Waals surface area contributed by atoms with Crippen LogP contribution in [0.2, 0.25) is 0 Å². The molecule has 7 nitrogen and oxygen atoms in total. The summed E-state index contributed by atoms with van der Waals surface area (Å²) in [5.41, 5.74) is 3.80. The molecule has 4 rings (SSSR count). The highest BCUT2D eigenvalue weighted by atomic mass is 15.6. The van der Waals surface area contributed by atoms with Crippen molar-refractivity contribution in [3.05, 3.63) is 71.5 Å². The predicted octanol–water partition coefficient (Wildman–Crippen LogP) is 3.23. The van der Waals surface area contributed by atoms with E-state index in [2.05, 4.69) is 113 Å². The van der Waals surface area contributed by atoms with Crippen LogP contribution in [0.3, 0.4) is 0 Å². The summed E-state index contributed by atoms with van der Waals surface area (Å²) in [7, 11) is 4.13. The maximum Gasteiger partial charge on any atom is 0.173 e. The van der Waals surface area contributed by atoms with Crippen LogP contribution in [0.5, 0.6) is 0 Å². The number of nitrogens with zero attached hydrogens (tertiary/aromatic N) is 7. The van der Waals surface area contributed by atoms with Gasteiger partial charge < -0.3 is 4.90 Å². The average molecular weight is 420 g/mol. The lowest BCUT2D eigenvalue weighted by Crippen LogP contribution is -2.48. The van der Waals surface area contributed by atoms with Crippen molar-refractivity contribution >= 4 is 5.69 Å². The zero-order chi connectivity index (χ0) is 21.8. The van der Waals surface area contributed by atoms with Gasteiger partial charge in [-0.1, -0.05) is 42.5 Å². The Balaban J connectivity index is 1.56. The SMILES string of the molecule is CC(C)n1nnnc1[C@@H](c1ccc(N(C)C)cc1)N1CCN(Cc2ccccc2)CC1. The second-order valence-corrected chi connectivity index (χ2v) is 8.76.